The van der Waals surface area contributed by atoms with Gasteiger partial charge in [-0.25, -0.2) is 8.78 Å². The second-order valence-corrected chi connectivity index (χ2v) is 4.90. The summed E-state index contributed by atoms with van der Waals surface area (Å²) < 4.78 is 32.3. The fourth-order valence-electron chi connectivity index (χ4n) is 2.39. The highest BCUT2D eigenvalue weighted by molar-refractivity contribution is 5.63. The third-order valence-corrected chi connectivity index (χ3v) is 3.61. The molecule has 1 heterocycles. The molecule has 0 saturated carbocycles. The number of anilines is 1. The molecular weight excluding hydrogens is 270 g/mol. The van der Waals surface area contributed by atoms with Gasteiger partial charge in [-0.3, -0.25) is 10.1 Å². The minimum absolute atomic E-state index is 0.200. The molecule has 1 aliphatic heterocycles. The van der Waals surface area contributed by atoms with Crippen molar-refractivity contribution in [2.75, 3.05) is 18.5 Å². The summed E-state index contributed by atoms with van der Waals surface area (Å²) in [4.78, 5) is 10.2. The van der Waals surface area contributed by atoms with Crippen LogP contribution in [0.2, 0.25) is 0 Å². The molecule has 1 aromatic rings. The van der Waals surface area contributed by atoms with Crippen LogP contribution >= 0.6 is 0 Å². The van der Waals surface area contributed by atoms with Crippen molar-refractivity contribution in [2.45, 2.75) is 25.8 Å². The molecule has 7 heteroatoms. The second-order valence-electron chi connectivity index (χ2n) is 4.90. The van der Waals surface area contributed by atoms with E-state index in [1.807, 2.05) is 6.92 Å². The number of hydrogen-bond donors (Lipinski definition) is 1. The molecule has 1 aliphatic rings. The molecule has 1 fully saturated rings. The van der Waals surface area contributed by atoms with E-state index in [1.54, 1.807) is 0 Å². The van der Waals surface area contributed by atoms with Gasteiger partial charge in [0.15, 0.2) is 17.3 Å². The Balaban J connectivity index is 2.22. The van der Waals surface area contributed by atoms with E-state index in [1.165, 1.54) is 0 Å². The van der Waals surface area contributed by atoms with Crippen LogP contribution in [0.25, 0.3) is 0 Å². The Labute approximate surface area is 115 Å². The molecule has 110 valence electrons. The van der Waals surface area contributed by atoms with Gasteiger partial charge in [0.25, 0.3) is 5.69 Å². The van der Waals surface area contributed by atoms with Gasteiger partial charge < -0.3 is 10.1 Å². The molecule has 0 spiro atoms. The Morgan fingerprint density at radius 1 is 1.40 bits per heavy atom. The molecular formula is C13H16F2N2O3. The minimum Gasteiger partial charge on any atom is -0.381 e. The largest absolute Gasteiger partial charge is 0.381 e. The van der Waals surface area contributed by atoms with E-state index >= 15 is 0 Å². The third kappa shape index (κ3) is 3.04. The molecule has 0 amide bonds. The van der Waals surface area contributed by atoms with Crippen molar-refractivity contribution in [1.82, 2.24) is 0 Å². The zero-order valence-electron chi connectivity index (χ0n) is 11.1. The molecule has 0 radical (unpaired) electrons. The average Bonchev–Trinajstić information content (AvgIpc) is 2.44. The Kier molecular flexibility index (Phi) is 4.49. The van der Waals surface area contributed by atoms with Crippen LogP contribution in [0.15, 0.2) is 12.1 Å². The number of nitrogens with one attached hydrogen (secondary N) is 1. The quantitative estimate of drug-likeness (QED) is 0.682. The highest BCUT2D eigenvalue weighted by atomic mass is 19.2. The van der Waals surface area contributed by atoms with Crippen LogP contribution in [0.3, 0.4) is 0 Å². The summed E-state index contributed by atoms with van der Waals surface area (Å²) in [7, 11) is 0. The SMILES string of the molecule is CC(Nc1c([N+](=O)[O-])ccc(F)c1F)C1CCOCC1. The molecule has 0 bridgehead atoms. The molecule has 1 atom stereocenters. The van der Waals surface area contributed by atoms with E-state index < -0.39 is 22.2 Å². The van der Waals surface area contributed by atoms with Crippen LogP contribution in [-0.2, 0) is 4.74 Å². The summed E-state index contributed by atoms with van der Waals surface area (Å²) >= 11 is 0. The Morgan fingerprint density at radius 3 is 2.65 bits per heavy atom. The fraction of sp³-hybridized carbons (Fsp3) is 0.538. The smallest absolute Gasteiger partial charge is 0.295 e. The van der Waals surface area contributed by atoms with Crippen molar-refractivity contribution in [1.29, 1.82) is 0 Å². The van der Waals surface area contributed by atoms with Gasteiger partial charge in [-0.2, -0.15) is 0 Å². The first-order valence-electron chi connectivity index (χ1n) is 6.47. The maximum absolute atomic E-state index is 13.8. The number of ether oxygens (including phenoxy) is 1. The molecule has 20 heavy (non-hydrogen) atoms. The van der Waals surface area contributed by atoms with Gasteiger partial charge in [-0.05, 0) is 31.7 Å². The normalized spacial score (nSPS) is 17.8. The van der Waals surface area contributed by atoms with Gasteiger partial charge in [0.2, 0.25) is 0 Å². The number of benzene rings is 1. The van der Waals surface area contributed by atoms with Gasteiger partial charge in [0.05, 0.1) is 4.92 Å². The number of rotatable bonds is 4. The van der Waals surface area contributed by atoms with Crippen molar-refractivity contribution >= 4 is 11.4 Å². The first-order valence-corrected chi connectivity index (χ1v) is 6.47. The van der Waals surface area contributed by atoms with Crippen LogP contribution in [0.5, 0.6) is 0 Å². The van der Waals surface area contributed by atoms with Gasteiger partial charge >= 0.3 is 0 Å². The topological polar surface area (TPSA) is 64.4 Å². The van der Waals surface area contributed by atoms with Gasteiger partial charge in [0.1, 0.15) is 0 Å². The first-order chi connectivity index (χ1) is 9.50. The van der Waals surface area contributed by atoms with Crippen LogP contribution in [-0.4, -0.2) is 24.2 Å². The molecule has 0 aromatic heterocycles. The molecule has 1 unspecified atom stereocenters. The standard InChI is InChI=1S/C13H16F2N2O3/c1-8(9-4-6-20-7-5-9)16-13-11(17(18)19)3-2-10(14)12(13)15/h2-3,8-9,16H,4-7H2,1H3. The zero-order chi connectivity index (χ0) is 14.7. The molecule has 1 saturated heterocycles. The van der Waals surface area contributed by atoms with E-state index in [2.05, 4.69) is 5.32 Å². The van der Waals surface area contributed by atoms with E-state index in [0.717, 1.165) is 25.0 Å². The van der Waals surface area contributed by atoms with Gasteiger partial charge in [-0.1, -0.05) is 0 Å². The van der Waals surface area contributed by atoms with E-state index in [-0.39, 0.29) is 17.6 Å². The van der Waals surface area contributed by atoms with Crippen molar-refractivity contribution in [2.24, 2.45) is 5.92 Å². The van der Waals surface area contributed by atoms with E-state index in [0.29, 0.717) is 13.2 Å². The average molecular weight is 286 g/mol. The summed E-state index contributed by atoms with van der Waals surface area (Å²) in [6.45, 7) is 3.04. The third-order valence-electron chi connectivity index (χ3n) is 3.61. The van der Waals surface area contributed by atoms with Crippen LogP contribution in [0.4, 0.5) is 20.2 Å². The second kappa shape index (κ2) is 6.13. The molecule has 2 rings (SSSR count). The fourth-order valence-corrected chi connectivity index (χ4v) is 2.39. The van der Waals surface area contributed by atoms with Crippen molar-refractivity contribution < 1.29 is 18.4 Å². The lowest BCUT2D eigenvalue weighted by Gasteiger charge is -2.29. The minimum atomic E-state index is -1.21. The number of nitrogens with zero attached hydrogens (tertiary/aromatic N) is 1. The van der Waals surface area contributed by atoms with Gasteiger partial charge in [-0.15, -0.1) is 0 Å². The predicted molar refractivity (Wildman–Crippen MR) is 69.6 cm³/mol. The van der Waals surface area contributed by atoms with Crippen LogP contribution < -0.4 is 5.32 Å². The lowest BCUT2D eigenvalue weighted by atomic mass is 9.92. The predicted octanol–water partition coefficient (Wildman–Crippen LogP) is 3.10. The van der Waals surface area contributed by atoms with Crippen molar-refractivity contribution in [3.8, 4) is 0 Å². The molecule has 1 aromatic carbocycles. The number of nitro benzene ring substituents is 1. The number of hydrogen-bond acceptors (Lipinski definition) is 4. The van der Waals surface area contributed by atoms with Gasteiger partial charge in [0, 0.05) is 25.3 Å². The Hall–Kier alpha value is -1.76. The van der Waals surface area contributed by atoms with Crippen LogP contribution in [0.1, 0.15) is 19.8 Å². The monoisotopic (exact) mass is 286 g/mol. The Bertz CT molecular complexity index is 505. The summed E-state index contributed by atoms with van der Waals surface area (Å²) in [6, 6.07) is 1.53. The number of halogens is 2. The van der Waals surface area contributed by atoms with Crippen LogP contribution in [0, 0.1) is 27.7 Å². The summed E-state index contributed by atoms with van der Waals surface area (Å²) in [5, 5.41) is 13.7. The van der Waals surface area contributed by atoms with Crippen molar-refractivity contribution in [3.63, 3.8) is 0 Å². The Morgan fingerprint density at radius 2 is 2.05 bits per heavy atom. The highest BCUT2D eigenvalue weighted by Crippen LogP contribution is 2.31. The summed E-state index contributed by atoms with van der Waals surface area (Å²) in [5.41, 5.74) is -0.836. The van der Waals surface area contributed by atoms with E-state index in [4.69, 9.17) is 4.74 Å². The number of nitro groups is 1. The summed E-state index contributed by atoms with van der Waals surface area (Å²) in [5.74, 6) is -2.10. The first kappa shape index (κ1) is 14.6. The van der Waals surface area contributed by atoms with E-state index in [9.17, 15) is 18.9 Å². The van der Waals surface area contributed by atoms with Crippen molar-refractivity contribution in [3.05, 3.63) is 33.9 Å². The summed E-state index contributed by atoms with van der Waals surface area (Å²) in [6.07, 6.45) is 1.58. The lowest BCUT2D eigenvalue weighted by Crippen LogP contribution is -2.31. The maximum atomic E-state index is 13.8. The lowest BCUT2D eigenvalue weighted by molar-refractivity contribution is -0.384. The highest BCUT2D eigenvalue weighted by Gasteiger charge is 2.26. The maximum Gasteiger partial charge on any atom is 0.295 e. The molecule has 5 nitrogen and oxygen atoms in total. The molecule has 1 N–H and O–H groups in total. The molecule has 0 aliphatic carbocycles. The zero-order valence-corrected chi connectivity index (χ0v) is 11.1.